The van der Waals surface area contributed by atoms with E-state index < -0.39 is 0 Å². The molecule has 0 spiro atoms. The third kappa shape index (κ3) is 4.37. The third-order valence-corrected chi connectivity index (χ3v) is 6.54. The van der Waals surface area contributed by atoms with Gasteiger partial charge in [0.05, 0.1) is 11.6 Å². The Morgan fingerprint density at radius 2 is 1.58 bits per heavy atom. The van der Waals surface area contributed by atoms with E-state index in [9.17, 15) is 9.90 Å². The molecule has 2 aromatic carbocycles. The minimum absolute atomic E-state index is 0.204. The maximum Gasteiger partial charge on any atom is 0.291 e. The SMILES string of the molecule is COc1ccc(-c2nc3sc(=Cc4cc(C(C)(C)C)c(O)c(C(C)(C)C)c4)c(=O)n3n2)cc1. The fourth-order valence-corrected chi connectivity index (χ4v) is 4.64. The predicted octanol–water partition coefficient (Wildman–Crippen LogP) is 4.67. The first kappa shape index (κ1) is 23.0. The van der Waals surface area contributed by atoms with Crippen LogP contribution in [-0.2, 0) is 10.8 Å². The summed E-state index contributed by atoms with van der Waals surface area (Å²) in [6.45, 7) is 12.4. The first-order valence-corrected chi connectivity index (χ1v) is 11.6. The first-order valence-electron chi connectivity index (χ1n) is 10.8. The molecule has 2 aromatic heterocycles. The van der Waals surface area contributed by atoms with Gasteiger partial charge in [0, 0.05) is 16.7 Å². The number of phenols is 1. The number of benzene rings is 2. The highest BCUT2D eigenvalue weighted by Gasteiger charge is 2.26. The molecule has 4 aromatic rings. The van der Waals surface area contributed by atoms with Crippen molar-refractivity contribution in [2.75, 3.05) is 7.11 Å². The van der Waals surface area contributed by atoms with Gasteiger partial charge in [-0.3, -0.25) is 4.79 Å². The summed E-state index contributed by atoms with van der Waals surface area (Å²) in [4.78, 5) is 18.2. The van der Waals surface area contributed by atoms with Gasteiger partial charge < -0.3 is 9.84 Å². The molecule has 1 N–H and O–H groups in total. The van der Waals surface area contributed by atoms with E-state index in [2.05, 4.69) is 51.6 Å². The predicted molar refractivity (Wildman–Crippen MR) is 133 cm³/mol. The molecule has 172 valence electrons. The van der Waals surface area contributed by atoms with Crippen LogP contribution in [0.15, 0.2) is 41.2 Å². The molecule has 33 heavy (non-hydrogen) atoms. The number of phenolic OH excluding ortho intramolecular Hbond substituents is 1. The first-order chi connectivity index (χ1) is 15.4. The normalized spacial score (nSPS) is 13.1. The molecule has 0 unspecified atom stereocenters. The largest absolute Gasteiger partial charge is 0.507 e. The zero-order chi connectivity index (χ0) is 24.1. The number of fused-ring (bicyclic) bond motifs is 1. The van der Waals surface area contributed by atoms with Crippen LogP contribution in [-0.4, -0.2) is 26.8 Å². The average molecular weight is 464 g/mol. The van der Waals surface area contributed by atoms with Crippen LogP contribution in [0, 0.1) is 0 Å². The number of hydrogen-bond donors (Lipinski definition) is 1. The quantitative estimate of drug-likeness (QED) is 0.478. The van der Waals surface area contributed by atoms with Gasteiger partial charge in [0.25, 0.3) is 5.56 Å². The molecule has 0 atom stereocenters. The monoisotopic (exact) mass is 463 g/mol. The van der Waals surface area contributed by atoms with Crippen LogP contribution in [0.4, 0.5) is 0 Å². The summed E-state index contributed by atoms with van der Waals surface area (Å²) < 4.78 is 7.10. The van der Waals surface area contributed by atoms with Crippen molar-refractivity contribution in [3.8, 4) is 22.9 Å². The van der Waals surface area contributed by atoms with Gasteiger partial charge in [-0.05, 0) is 58.9 Å². The van der Waals surface area contributed by atoms with Crippen molar-refractivity contribution in [2.45, 2.75) is 52.4 Å². The van der Waals surface area contributed by atoms with Gasteiger partial charge in [0.15, 0.2) is 5.82 Å². The molecule has 0 aliphatic heterocycles. The van der Waals surface area contributed by atoms with Crippen molar-refractivity contribution in [1.29, 1.82) is 0 Å². The Bertz CT molecular complexity index is 1400. The Morgan fingerprint density at radius 1 is 1.00 bits per heavy atom. The van der Waals surface area contributed by atoms with E-state index in [4.69, 9.17) is 4.74 Å². The van der Waals surface area contributed by atoms with Gasteiger partial charge in [-0.15, -0.1) is 5.10 Å². The second-order valence-electron chi connectivity index (χ2n) is 10.2. The fraction of sp³-hybridized carbons (Fsp3) is 0.346. The van der Waals surface area contributed by atoms with Crippen molar-refractivity contribution in [1.82, 2.24) is 14.6 Å². The summed E-state index contributed by atoms with van der Waals surface area (Å²) in [6.07, 6.45) is 1.86. The van der Waals surface area contributed by atoms with Crippen LogP contribution in [0.2, 0.25) is 0 Å². The number of aromatic hydroxyl groups is 1. The van der Waals surface area contributed by atoms with E-state index in [1.807, 2.05) is 42.5 Å². The fourth-order valence-electron chi connectivity index (χ4n) is 3.73. The molecule has 0 saturated heterocycles. The van der Waals surface area contributed by atoms with E-state index in [1.54, 1.807) is 7.11 Å². The summed E-state index contributed by atoms with van der Waals surface area (Å²) in [7, 11) is 1.62. The zero-order valence-electron chi connectivity index (χ0n) is 20.1. The van der Waals surface area contributed by atoms with Crippen molar-refractivity contribution in [3.63, 3.8) is 0 Å². The van der Waals surface area contributed by atoms with E-state index in [0.717, 1.165) is 28.0 Å². The number of aromatic nitrogens is 3. The van der Waals surface area contributed by atoms with Crippen LogP contribution in [0.1, 0.15) is 58.2 Å². The molecule has 4 rings (SSSR count). The molecule has 0 radical (unpaired) electrons. The lowest BCUT2D eigenvalue weighted by Gasteiger charge is -2.27. The lowest BCUT2D eigenvalue weighted by molar-refractivity contribution is 0.415. The lowest BCUT2D eigenvalue weighted by Crippen LogP contribution is -2.24. The number of hydrogen-bond acceptors (Lipinski definition) is 6. The zero-order valence-corrected chi connectivity index (χ0v) is 20.9. The molecule has 2 heterocycles. The number of ether oxygens (including phenoxy) is 1. The summed E-state index contributed by atoms with van der Waals surface area (Å²) in [5.41, 5.74) is 2.72. The van der Waals surface area contributed by atoms with E-state index in [0.29, 0.717) is 21.1 Å². The van der Waals surface area contributed by atoms with Gasteiger partial charge in [-0.1, -0.05) is 52.9 Å². The maximum absolute atomic E-state index is 13.1. The summed E-state index contributed by atoms with van der Waals surface area (Å²) in [6, 6.07) is 11.3. The summed E-state index contributed by atoms with van der Waals surface area (Å²) >= 11 is 1.31. The van der Waals surface area contributed by atoms with Crippen molar-refractivity contribution < 1.29 is 9.84 Å². The highest BCUT2D eigenvalue weighted by atomic mass is 32.1. The second-order valence-corrected chi connectivity index (χ2v) is 11.2. The van der Waals surface area contributed by atoms with Crippen LogP contribution >= 0.6 is 11.3 Å². The molecule has 0 amide bonds. The molecule has 0 aliphatic carbocycles. The van der Waals surface area contributed by atoms with Gasteiger partial charge in [0.1, 0.15) is 11.5 Å². The van der Waals surface area contributed by atoms with E-state index in [-0.39, 0.29) is 16.4 Å². The Kier molecular flexibility index (Phi) is 5.56. The van der Waals surface area contributed by atoms with E-state index in [1.165, 1.54) is 15.9 Å². The Morgan fingerprint density at radius 3 is 2.06 bits per heavy atom. The second kappa shape index (κ2) is 7.99. The van der Waals surface area contributed by atoms with Gasteiger partial charge in [-0.2, -0.15) is 9.50 Å². The molecule has 0 saturated carbocycles. The van der Waals surface area contributed by atoms with Crippen molar-refractivity contribution >= 4 is 22.4 Å². The van der Waals surface area contributed by atoms with Crippen LogP contribution in [0.5, 0.6) is 11.5 Å². The number of thiazole rings is 1. The lowest BCUT2D eigenvalue weighted by atomic mass is 9.78. The Labute approximate surface area is 197 Å². The number of nitrogens with zero attached hydrogens (tertiary/aromatic N) is 3. The molecular weight excluding hydrogens is 434 g/mol. The van der Waals surface area contributed by atoms with Crippen LogP contribution in [0.25, 0.3) is 22.4 Å². The van der Waals surface area contributed by atoms with Crippen LogP contribution in [0.3, 0.4) is 0 Å². The minimum atomic E-state index is -0.243. The standard InChI is InChI=1S/C26H29N3O3S/c1-25(2,3)18-12-15(13-19(21(18)30)26(4,5)6)14-20-23(31)29-24(33-20)27-22(28-29)16-8-10-17(32-7)11-9-16/h8-14,30H,1-7H3. The highest BCUT2D eigenvalue weighted by Crippen LogP contribution is 2.39. The van der Waals surface area contributed by atoms with Gasteiger partial charge >= 0.3 is 0 Å². The van der Waals surface area contributed by atoms with Gasteiger partial charge in [0.2, 0.25) is 4.96 Å². The maximum atomic E-state index is 13.1. The molecule has 0 bridgehead atoms. The number of rotatable bonds is 3. The Hall–Kier alpha value is -3.19. The summed E-state index contributed by atoms with van der Waals surface area (Å²) in [5, 5.41) is 15.4. The molecule has 0 fully saturated rings. The van der Waals surface area contributed by atoms with E-state index >= 15 is 0 Å². The highest BCUT2D eigenvalue weighted by molar-refractivity contribution is 7.15. The third-order valence-electron chi connectivity index (χ3n) is 5.58. The van der Waals surface area contributed by atoms with Crippen molar-refractivity contribution in [3.05, 3.63) is 68.0 Å². The molecular formula is C26H29N3O3S. The molecule has 0 aliphatic rings. The summed E-state index contributed by atoms with van der Waals surface area (Å²) in [5.74, 6) is 1.57. The Balaban J connectivity index is 1.83. The van der Waals surface area contributed by atoms with Crippen molar-refractivity contribution in [2.24, 2.45) is 0 Å². The molecule has 7 heteroatoms. The minimum Gasteiger partial charge on any atom is -0.507 e. The van der Waals surface area contributed by atoms with Gasteiger partial charge in [-0.25, -0.2) is 0 Å². The smallest absolute Gasteiger partial charge is 0.291 e. The van der Waals surface area contributed by atoms with Crippen LogP contribution < -0.4 is 14.8 Å². The topological polar surface area (TPSA) is 76.7 Å². The number of methoxy groups -OCH3 is 1. The average Bonchev–Trinajstić information content (AvgIpc) is 3.27. The molecule has 6 nitrogen and oxygen atoms in total.